The lowest BCUT2D eigenvalue weighted by Gasteiger charge is -2.10. The van der Waals surface area contributed by atoms with E-state index in [0.717, 1.165) is 43.4 Å². The van der Waals surface area contributed by atoms with E-state index >= 15 is 0 Å². The molecule has 0 unspecified atom stereocenters. The molecule has 0 aliphatic heterocycles. The van der Waals surface area contributed by atoms with Crippen LogP contribution in [0.15, 0.2) is 65.7 Å². The Morgan fingerprint density at radius 3 is 2.50 bits per heavy atom. The Kier molecular flexibility index (Phi) is 9.27. The first kappa shape index (κ1) is 25.0. The fourth-order valence-electron chi connectivity index (χ4n) is 3.54. The third-order valence-electron chi connectivity index (χ3n) is 5.69. The van der Waals surface area contributed by atoms with Crippen LogP contribution in [0.25, 0.3) is 0 Å². The maximum atomic E-state index is 12.9. The average molecular weight is 459 g/mol. The van der Waals surface area contributed by atoms with Crippen LogP contribution < -0.4 is 10.1 Å². The van der Waals surface area contributed by atoms with Crippen molar-refractivity contribution in [3.63, 3.8) is 0 Å². The number of nitrogens with one attached hydrogen (secondary N) is 1. The minimum absolute atomic E-state index is 0.103. The molecule has 5 nitrogen and oxygen atoms in total. The zero-order valence-corrected chi connectivity index (χ0v) is 20.3. The molecule has 0 saturated carbocycles. The van der Waals surface area contributed by atoms with Gasteiger partial charge in [0, 0.05) is 29.1 Å². The van der Waals surface area contributed by atoms with E-state index in [-0.39, 0.29) is 11.7 Å². The molecule has 34 heavy (non-hydrogen) atoms. The van der Waals surface area contributed by atoms with Gasteiger partial charge in [-0.1, -0.05) is 44.9 Å². The lowest BCUT2D eigenvalue weighted by Crippen LogP contribution is -2.13. The number of rotatable bonds is 11. The first-order valence-electron chi connectivity index (χ1n) is 12.0. The second-order valence-corrected chi connectivity index (χ2v) is 8.39. The van der Waals surface area contributed by atoms with Gasteiger partial charge in [-0.25, -0.2) is 0 Å². The number of nitrogens with zero attached hydrogens (tertiary/aromatic N) is 1. The van der Waals surface area contributed by atoms with Gasteiger partial charge in [0.05, 0.1) is 12.3 Å². The summed E-state index contributed by atoms with van der Waals surface area (Å²) >= 11 is 0. The smallest absolute Gasteiger partial charge is 0.256 e. The molecule has 0 fully saturated rings. The van der Waals surface area contributed by atoms with Gasteiger partial charge in [-0.3, -0.25) is 9.79 Å². The molecule has 3 aromatic carbocycles. The van der Waals surface area contributed by atoms with Crippen molar-refractivity contribution in [1.29, 1.82) is 0 Å². The number of aliphatic imine (C=N–C) groups is 1. The standard InChI is InChI=1S/C29H34N2O3/c1-4-6-9-22-12-15-24(16-13-22)31-29(33)26-10-8-11-27(21(26)3)30-20-23-14-17-25(19-28(23)32)34-18-7-5-2/h8,10-17,19-20,32H,4-7,9,18H2,1-3H3,(H,31,33). The topological polar surface area (TPSA) is 70.9 Å². The SMILES string of the molecule is CCCCOc1ccc(C=Nc2cccc(C(=O)Nc3ccc(CCCC)cc3)c2C)c(O)c1. The number of amides is 1. The normalized spacial score (nSPS) is 11.0. The molecule has 0 aromatic heterocycles. The Morgan fingerprint density at radius 1 is 1.03 bits per heavy atom. The third-order valence-corrected chi connectivity index (χ3v) is 5.69. The van der Waals surface area contributed by atoms with E-state index in [2.05, 4.69) is 36.3 Å². The second kappa shape index (κ2) is 12.6. The number of hydrogen-bond donors (Lipinski definition) is 2. The molecule has 0 saturated heterocycles. The number of benzene rings is 3. The maximum Gasteiger partial charge on any atom is 0.256 e. The van der Waals surface area contributed by atoms with E-state index < -0.39 is 0 Å². The van der Waals surface area contributed by atoms with Gasteiger partial charge in [0.25, 0.3) is 5.91 Å². The molecule has 0 aliphatic rings. The summed E-state index contributed by atoms with van der Waals surface area (Å²) in [6, 6.07) is 18.7. The molecule has 0 radical (unpaired) electrons. The van der Waals surface area contributed by atoms with Gasteiger partial charge in [-0.15, -0.1) is 0 Å². The molecular weight excluding hydrogens is 424 g/mol. The summed E-state index contributed by atoms with van der Waals surface area (Å²) in [6.45, 7) is 6.78. The Labute approximate surface area is 202 Å². The molecular formula is C29H34N2O3. The number of hydrogen-bond acceptors (Lipinski definition) is 4. The number of carbonyl (C=O) groups excluding carboxylic acids is 1. The van der Waals surface area contributed by atoms with Crippen LogP contribution in [0.2, 0.25) is 0 Å². The Morgan fingerprint density at radius 2 is 1.79 bits per heavy atom. The Balaban J connectivity index is 1.69. The summed E-state index contributed by atoms with van der Waals surface area (Å²) < 4.78 is 5.63. The number of unbranched alkanes of at least 4 members (excludes halogenated alkanes) is 2. The second-order valence-electron chi connectivity index (χ2n) is 8.39. The number of anilines is 1. The zero-order valence-electron chi connectivity index (χ0n) is 20.3. The van der Waals surface area contributed by atoms with Crippen LogP contribution in [-0.4, -0.2) is 23.8 Å². The number of aromatic hydroxyl groups is 1. The molecule has 1 amide bonds. The minimum atomic E-state index is -0.174. The van der Waals surface area contributed by atoms with E-state index in [1.807, 2.05) is 37.3 Å². The Hall–Kier alpha value is -3.60. The van der Waals surface area contributed by atoms with E-state index in [1.54, 1.807) is 24.4 Å². The van der Waals surface area contributed by atoms with Crippen molar-refractivity contribution in [3.8, 4) is 11.5 Å². The van der Waals surface area contributed by atoms with Crippen molar-refractivity contribution in [2.75, 3.05) is 11.9 Å². The number of phenols is 1. The van der Waals surface area contributed by atoms with E-state index in [4.69, 9.17) is 4.74 Å². The molecule has 178 valence electrons. The van der Waals surface area contributed by atoms with E-state index in [0.29, 0.717) is 29.2 Å². The molecule has 2 N–H and O–H groups in total. The Bertz CT molecular complexity index is 1120. The van der Waals surface area contributed by atoms with Crippen LogP contribution in [0.3, 0.4) is 0 Å². The van der Waals surface area contributed by atoms with Crippen molar-refractivity contribution < 1.29 is 14.6 Å². The van der Waals surface area contributed by atoms with Gasteiger partial charge in [-0.2, -0.15) is 0 Å². The van der Waals surface area contributed by atoms with Crippen LogP contribution in [0, 0.1) is 6.92 Å². The van der Waals surface area contributed by atoms with Crippen molar-refractivity contribution in [2.24, 2.45) is 4.99 Å². The number of carbonyl (C=O) groups is 1. The lowest BCUT2D eigenvalue weighted by molar-refractivity contribution is 0.102. The highest BCUT2D eigenvalue weighted by Gasteiger charge is 2.12. The fraction of sp³-hybridized carbons (Fsp3) is 0.310. The third kappa shape index (κ3) is 6.95. The van der Waals surface area contributed by atoms with Crippen LogP contribution in [0.1, 0.15) is 66.6 Å². The molecule has 0 spiro atoms. The monoisotopic (exact) mass is 458 g/mol. The van der Waals surface area contributed by atoms with Gasteiger partial charge >= 0.3 is 0 Å². The van der Waals surface area contributed by atoms with Crippen molar-refractivity contribution in [3.05, 3.63) is 82.9 Å². The lowest BCUT2D eigenvalue weighted by atomic mass is 10.1. The first-order valence-corrected chi connectivity index (χ1v) is 12.0. The number of aryl methyl sites for hydroxylation is 1. The van der Waals surface area contributed by atoms with Gasteiger partial charge in [0.2, 0.25) is 0 Å². The molecule has 0 atom stereocenters. The predicted molar refractivity (Wildman–Crippen MR) is 140 cm³/mol. The summed E-state index contributed by atoms with van der Waals surface area (Å²) in [6.07, 6.45) is 7.00. The number of phenolic OH excluding ortho intramolecular Hbond substituents is 1. The van der Waals surface area contributed by atoms with Gasteiger partial charge < -0.3 is 15.2 Å². The summed E-state index contributed by atoms with van der Waals surface area (Å²) in [4.78, 5) is 17.4. The molecule has 3 aromatic rings. The summed E-state index contributed by atoms with van der Waals surface area (Å²) in [7, 11) is 0. The van der Waals surface area contributed by atoms with E-state index in [9.17, 15) is 9.90 Å². The van der Waals surface area contributed by atoms with Crippen LogP contribution in [-0.2, 0) is 6.42 Å². The van der Waals surface area contributed by atoms with Crippen molar-refractivity contribution >= 4 is 23.5 Å². The molecule has 0 bridgehead atoms. The van der Waals surface area contributed by atoms with Gasteiger partial charge in [-0.05, 0) is 73.7 Å². The molecule has 3 rings (SSSR count). The molecule has 5 heteroatoms. The summed E-state index contributed by atoms with van der Waals surface area (Å²) in [5.41, 5.74) is 4.63. The largest absolute Gasteiger partial charge is 0.507 e. The first-order chi connectivity index (χ1) is 16.5. The zero-order chi connectivity index (χ0) is 24.3. The van der Waals surface area contributed by atoms with Crippen molar-refractivity contribution in [1.82, 2.24) is 0 Å². The number of ether oxygens (including phenoxy) is 1. The highest BCUT2D eigenvalue weighted by atomic mass is 16.5. The van der Waals surface area contributed by atoms with E-state index in [1.165, 1.54) is 5.56 Å². The highest BCUT2D eigenvalue weighted by molar-refractivity contribution is 6.06. The molecule has 0 aliphatic carbocycles. The minimum Gasteiger partial charge on any atom is -0.507 e. The summed E-state index contributed by atoms with van der Waals surface area (Å²) in [5.74, 6) is 0.565. The van der Waals surface area contributed by atoms with Crippen LogP contribution >= 0.6 is 0 Å². The van der Waals surface area contributed by atoms with Gasteiger partial charge in [0.15, 0.2) is 0 Å². The van der Waals surface area contributed by atoms with Crippen molar-refractivity contribution in [2.45, 2.75) is 52.9 Å². The quantitative estimate of drug-likeness (QED) is 0.235. The molecule has 0 heterocycles. The van der Waals surface area contributed by atoms with Gasteiger partial charge in [0.1, 0.15) is 11.5 Å². The van der Waals surface area contributed by atoms with Crippen LogP contribution in [0.4, 0.5) is 11.4 Å². The van der Waals surface area contributed by atoms with Crippen LogP contribution in [0.5, 0.6) is 11.5 Å². The predicted octanol–water partition coefficient (Wildman–Crippen LogP) is 7.23. The average Bonchev–Trinajstić information content (AvgIpc) is 2.84. The maximum absolute atomic E-state index is 12.9. The highest BCUT2D eigenvalue weighted by Crippen LogP contribution is 2.26. The summed E-state index contributed by atoms with van der Waals surface area (Å²) in [5, 5.41) is 13.3. The fourth-order valence-corrected chi connectivity index (χ4v) is 3.54.